The molecule has 0 unspecified atom stereocenters. The van der Waals surface area contributed by atoms with Gasteiger partial charge in [0.05, 0.1) is 21.8 Å². The van der Waals surface area contributed by atoms with E-state index in [-0.39, 0.29) is 16.3 Å². The summed E-state index contributed by atoms with van der Waals surface area (Å²) in [5.74, 6) is 0. The van der Waals surface area contributed by atoms with E-state index in [9.17, 15) is 4.79 Å². The molecule has 0 atom stereocenters. The molecule has 2 aromatic heterocycles. The molecule has 1 aliphatic carbocycles. The van der Waals surface area contributed by atoms with Gasteiger partial charge in [-0.1, -0.05) is 82.3 Å². The zero-order chi connectivity index (χ0) is 27.4. The first-order chi connectivity index (χ1) is 19.3. The summed E-state index contributed by atoms with van der Waals surface area (Å²) in [5.41, 5.74) is 9.25. The summed E-state index contributed by atoms with van der Waals surface area (Å²) >= 11 is 0. The van der Waals surface area contributed by atoms with Crippen molar-refractivity contribution in [2.24, 2.45) is 0 Å². The van der Waals surface area contributed by atoms with Crippen molar-refractivity contribution < 1.29 is 4.42 Å². The molecule has 0 bridgehead atoms. The highest BCUT2D eigenvalue weighted by atomic mass is 16.3. The topological polar surface area (TPSA) is 35.1 Å². The Morgan fingerprint density at radius 1 is 0.525 bits per heavy atom. The number of hydrogen-bond acceptors (Lipinski definition) is 2. The van der Waals surface area contributed by atoms with E-state index in [0.717, 1.165) is 5.69 Å². The molecular weight excluding hydrogens is 490 g/mol. The lowest BCUT2D eigenvalue weighted by Crippen LogP contribution is -2.36. The van der Waals surface area contributed by atoms with Crippen LogP contribution in [0.15, 0.2) is 112 Å². The van der Waals surface area contributed by atoms with Gasteiger partial charge in [0, 0.05) is 27.3 Å². The molecule has 0 aliphatic heterocycles. The SMILES string of the molecule is CC1(C)c2ccc(-n3c4ccccc4c4ccccc43)cc2C(C)(C)c2cc3c(=O)c4ccccc4oc3cc21. The van der Waals surface area contributed by atoms with Gasteiger partial charge in [-0.2, -0.15) is 0 Å². The molecular formula is C37H29NO2. The number of fused-ring (bicyclic) bond motifs is 7. The molecule has 5 aromatic carbocycles. The van der Waals surface area contributed by atoms with Gasteiger partial charge in [-0.25, -0.2) is 0 Å². The molecule has 0 saturated carbocycles. The predicted octanol–water partition coefficient (Wildman–Crippen LogP) is 9.01. The summed E-state index contributed by atoms with van der Waals surface area (Å²) in [6.45, 7) is 9.13. The van der Waals surface area contributed by atoms with Crippen molar-refractivity contribution in [3.63, 3.8) is 0 Å². The normalized spacial score (nSPS) is 15.5. The lowest BCUT2D eigenvalue weighted by atomic mass is 9.60. The van der Waals surface area contributed by atoms with Crippen LogP contribution in [-0.4, -0.2) is 4.57 Å². The minimum atomic E-state index is -0.318. The standard InChI is InChI=1S/C37H29NO2/c1-36(2)27-18-17-22(38-31-14-8-5-11-23(31)24-12-6-9-15-32(24)38)19-28(27)37(3,4)29-20-26-34(21-30(29)36)40-33-16-10-7-13-25(33)35(26)39/h5-21H,1-4H3. The molecule has 2 heterocycles. The third kappa shape index (κ3) is 2.92. The molecule has 7 aromatic rings. The van der Waals surface area contributed by atoms with Gasteiger partial charge >= 0.3 is 0 Å². The maximum atomic E-state index is 13.6. The Hall–Kier alpha value is -4.63. The quantitative estimate of drug-likeness (QED) is 0.203. The van der Waals surface area contributed by atoms with E-state index in [2.05, 4.69) is 111 Å². The van der Waals surface area contributed by atoms with Gasteiger partial charge in [0.2, 0.25) is 5.43 Å². The van der Waals surface area contributed by atoms with Gasteiger partial charge in [0.15, 0.2) is 0 Å². The van der Waals surface area contributed by atoms with Crippen molar-refractivity contribution in [2.75, 3.05) is 0 Å². The van der Waals surface area contributed by atoms with Crippen molar-refractivity contribution in [3.8, 4) is 5.69 Å². The fraction of sp³-hybridized carbons (Fsp3) is 0.162. The van der Waals surface area contributed by atoms with Crippen LogP contribution >= 0.6 is 0 Å². The van der Waals surface area contributed by atoms with Gasteiger partial charge in [-0.3, -0.25) is 4.79 Å². The molecule has 194 valence electrons. The third-order valence-electron chi connectivity index (χ3n) is 9.25. The number of rotatable bonds is 1. The summed E-state index contributed by atoms with van der Waals surface area (Å²) in [7, 11) is 0. The Bertz CT molecular complexity index is 2190. The Balaban J connectivity index is 1.41. The number of benzene rings is 5. The van der Waals surface area contributed by atoms with Crippen molar-refractivity contribution in [3.05, 3.63) is 136 Å². The van der Waals surface area contributed by atoms with Gasteiger partial charge in [-0.15, -0.1) is 0 Å². The van der Waals surface area contributed by atoms with Crippen LogP contribution in [-0.2, 0) is 10.8 Å². The van der Waals surface area contributed by atoms with E-state index in [1.54, 1.807) is 0 Å². The van der Waals surface area contributed by atoms with E-state index < -0.39 is 0 Å². The summed E-state index contributed by atoms with van der Waals surface area (Å²) in [4.78, 5) is 13.6. The minimum absolute atomic E-state index is 0.0260. The first kappa shape index (κ1) is 23.3. The second-order valence-electron chi connectivity index (χ2n) is 12.2. The number of aromatic nitrogens is 1. The summed E-state index contributed by atoms with van der Waals surface area (Å²) in [5, 5.41) is 3.78. The molecule has 1 aliphatic rings. The molecule has 0 radical (unpaired) electrons. The highest BCUT2D eigenvalue weighted by molar-refractivity contribution is 6.09. The zero-order valence-electron chi connectivity index (χ0n) is 23.1. The highest BCUT2D eigenvalue weighted by Crippen LogP contribution is 2.51. The average Bonchev–Trinajstić information content (AvgIpc) is 3.30. The predicted molar refractivity (Wildman–Crippen MR) is 165 cm³/mol. The van der Waals surface area contributed by atoms with Crippen LogP contribution < -0.4 is 5.43 Å². The Morgan fingerprint density at radius 2 is 1.07 bits per heavy atom. The van der Waals surface area contributed by atoms with Crippen molar-refractivity contribution in [2.45, 2.75) is 38.5 Å². The summed E-state index contributed by atoms with van der Waals surface area (Å²) in [6, 6.07) is 35.9. The van der Waals surface area contributed by atoms with E-state index in [1.807, 2.05) is 24.3 Å². The largest absolute Gasteiger partial charge is 0.456 e. The fourth-order valence-corrected chi connectivity index (χ4v) is 7.11. The van der Waals surface area contributed by atoms with Gasteiger partial charge < -0.3 is 8.98 Å². The second-order valence-corrected chi connectivity index (χ2v) is 12.2. The maximum absolute atomic E-state index is 13.6. The zero-order valence-corrected chi connectivity index (χ0v) is 23.1. The number of nitrogens with zero attached hydrogens (tertiary/aromatic N) is 1. The van der Waals surface area contributed by atoms with Crippen LogP contribution in [0.3, 0.4) is 0 Å². The van der Waals surface area contributed by atoms with E-state index in [1.165, 1.54) is 44.1 Å². The minimum Gasteiger partial charge on any atom is -0.456 e. The van der Waals surface area contributed by atoms with Gasteiger partial charge in [-0.05, 0) is 70.8 Å². The van der Waals surface area contributed by atoms with Crippen LogP contribution in [0.25, 0.3) is 49.4 Å². The highest BCUT2D eigenvalue weighted by Gasteiger charge is 2.42. The molecule has 0 saturated heterocycles. The number of hydrogen-bond donors (Lipinski definition) is 0. The summed E-state index contributed by atoms with van der Waals surface area (Å²) in [6.07, 6.45) is 0. The smallest absolute Gasteiger partial charge is 0.200 e. The summed E-state index contributed by atoms with van der Waals surface area (Å²) < 4.78 is 8.67. The van der Waals surface area contributed by atoms with Gasteiger partial charge in [0.1, 0.15) is 11.2 Å². The molecule has 8 rings (SSSR count). The van der Waals surface area contributed by atoms with Crippen molar-refractivity contribution in [1.29, 1.82) is 0 Å². The van der Waals surface area contributed by atoms with Crippen molar-refractivity contribution in [1.82, 2.24) is 4.57 Å². The lowest BCUT2D eigenvalue weighted by Gasteiger charge is -2.44. The van der Waals surface area contributed by atoms with Crippen LogP contribution in [0.5, 0.6) is 0 Å². The van der Waals surface area contributed by atoms with Crippen LogP contribution in [0, 0.1) is 0 Å². The molecule has 3 heteroatoms. The second kappa shape index (κ2) is 7.73. The van der Waals surface area contributed by atoms with Gasteiger partial charge in [0.25, 0.3) is 0 Å². The van der Waals surface area contributed by atoms with E-state index in [4.69, 9.17) is 4.42 Å². The van der Waals surface area contributed by atoms with Crippen LogP contribution in [0.1, 0.15) is 49.9 Å². The Morgan fingerprint density at radius 3 is 1.77 bits per heavy atom. The van der Waals surface area contributed by atoms with E-state index >= 15 is 0 Å². The third-order valence-corrected chi connectivity index (χ3v) is 9.25. The lowest BCUT2D eigenvalue weighted by molar-refractivity contribution is 0.519. The molecule has 0 spiro atoms. The average molecular weight is 520 g/mol. The fourth-order valence-electron chi connectivity index (χ4n) is 7.11. The monoisotopic (exact) mass is 519 g/mol. The molecule has 0 fully saturated rings. The number of para-hydroxylation sites is 3. The van der Waals surface area contributed by atoms with E-state index in [0.29, 0.717) is 21.9 Å². The maximum Gasteiger partial charge on any atom is 0.200 e. The first-order valence-corrected chi connectivity index (χ1v) is 13.9. The molecule has 3 nitrogen and oxygen atoms in total. The Labute approximate surface area is 232 Å². The Kier molecular flexibility index (Phi) is 4.50. The first-order valence-electron chi connectivity index (χ1n) is 13.9. The van der Waals surface area contributed by atoms with Crippen molar-refractivity contribution >= 4 is 43.7 Å². The molecule has 0 amide bonds. The molecule has 0 N–H and O–H groups in total. The van der Waals surface area contributed by atoms with Crippen LogP contribution in [0.4, 0.5) is 0 Å². The molecule has 40 heavy (non-hydrogen) atoms. The van der Waals surface area contributed by atoms with Crippen LogP contribution in [0.2, 0.25) is 0 Å².